The van der Waals surface area contributed by atoms with Crippen LogP contribution in [0.5, 0.6) is 0 Å². The first-order chi connectivity index (χ1) is 13.1. The van der Waals surface area contributed by atoms with Crippen molar-refractivity contribution in [1.82, 2.24) is 0 Å². The van der Waals surface area contributed by atoms with Crippen LogP contribution in [-0.2, 0) is 16.2 Å². The van der Waals surface area contributed by atoms with E-state index in [1.165, 1.54) is 6.92 Å². The predicted octanol–water partition coefficient (Wildman–Crippen LogP) is 3.04. The highest BCUT2D eigenvalue weighted by atomic mass is 16.3. The molecule has 1 unspecified atom stereocenters. The van der Waals surface area contributed by atoms with Crippen molar-refractivity contribution < 1.29 is 14.7 Å². The van der Waals surface area contributed by atoms with Crippen LogP contribution >= 0.6 is 0 Å². The topological polar surface area (TPSA) is 106 Å². The van der Waals surface area contributed by atoms with Crippen molar-refractivity contribution in [1.29, 1.82) is 5.26 Å². The average molecular weight is 360 g/mol. The Labute approximate surface area is 155 Å². The van der Waals surface area contributed by atoms with Gasteiger partial charge in [0.15, 0.2) is 6.04 Å². The molecular formula is C20H16N4O3. The molecule has 0 saturated heterocycles. The van der Waals surface area contributed by atoms with Crippen molar-refractivity contribution in [2.45, 2.75) is 19.6 Å². The highest BCUT2D eigenvalue weighted by Gasteiger charge is 2.40. The van der Waals surface area contributed by atoms with Crippen molar-refractivity contribution >= 4 is 23.2 Å². The van der Waals surface area contributed by atoms with E-state index < -0.39 is 17.9 Å². The standard InChI is InChI=1S/C20H16N4O3/c1-13-17(11-21)19(26)24(16-8-3-2-4-9-16)20(27)18(13)23-22-15-7-5-6-14(10-15)12-25/h2-10,18,25H,12H2,1H3/b23-22+. The molecule has 7 nitrogen and oxygen atoms in total. The largest absolute Gasteiger partial charge is 0.392 e. The average Bonchev–Trinajstić information content (AvgIpc) is 2.69. The fraction of sp³-hybridized carbons (Fsp3) is 0.150. The van der Waals surface area contributed by atoms with Gasteiger partial charge in [-0.25, -0.2) is 4.90 Å². The van der Waals surface area contributed by atoms with Gasteiger partial charge in [0.05, 0.1) is 18.0 Å². The third kappa shape index (κ3) is 3.52. The zero-order valence-electron chi connectivity index (χ0n) is 14.5. The lowest BCUT2D eigenvalue weighted by atomic mass is 9.96. The van der Waals surface area contributed by atoms with Gasteiger partial charge in [0.2, 0.25) is 0 Å². The number of aliphatic hydroxyl groups excluding tert-OH is 1. The third-order valence-corrected chi connectivity index (χ3v) is 4.18. The third-order valence-electron chi connectivity index (χ3n) is 4.18. The van der Waals surface area contributed by atoms with Gasteiger partial charge in [0.1, 0.15) is 11.6 Å². The van der Waals surface area contributed by atoms with Gasteiger partial charge >= 0.3 is 0 Å². The number of nitrogens with zero attached hydrogens (tertiary/aromatic N) is 4. The molecule has 1 aliphatic heterocycles. The van der Waals surface area contributed by atoms with Crippen molar-refractivity contribution in [3.63, 3.8) is 0 Å². The number of rotatable bonds is 4. The maximum atomic E-state index is 12.9. The quantitative estimate of drug-likeness (QED) is 0.668. The maximum Gasteiger partial charge on any atom is 0.275 e. The molecule has 0 saturated carbocycles. The number of amides is 2. The number of azo groups is 1. The van der Waals surface area contributed by atoms with Gasteiger partial charge in [-0.1, -0.05) is 30.3 Å². The molecule has 0 aromatic heterocycles. The van der Waals surface area contributed by atoms with E-state index in [0.717, 1.165) is 4.90 Å². The number of carbonyl (C=O) groups excluding carboxylic acids is 2. The molecule has 1 atom stereocenters. The molecule has 134 valence electrons. The molecule has 1 N–H and O–H groups in total. The molecule has 1 heterocycles. The van der Waals surface area contributed by atoms with Crippen LogP contribution < -0.4 is 4.90 Å². The first kappa shape index (κ1) is 18.2. The van der Waals surface area contributed by atoms with E-state index in [1.807, 2.05) is 6.07 Å². The van der Waals surface area contributed by atoms with E-state index >= 15 is 0 Å². The molecular weight excluding hydrogens is 344 g/mol. The lowest BCUT2D eigenvalue weighted by molar-refractivity contribution is -0.125. The van der Waals surface area contributed by atoms with Crippen LogP contribution in [0.2, 0.25) is 0 Å². The Balaban J connectivity index is 2.01. The predicted molar refractivity (Wildman–Crippen MR) is 97.9 cm³/mol. The molecule has 7 heteroatoms. The lowest BCUT2D eigenvalue weighted by Crippen LogP contribution is -2.48. The zero-order chi connectivity index (χ0) is 19.4. The number of carbonyl (C=O) groups is 2. The molecule has 27 heavy (non-hydrogen) atoms. The molecule has 0 radical (unpaired) electrons. The number of hydrogen-bond donors (Lipinski definition) is 1. The minimum atomic E-state index is -1.07. The first-order valence-electron chi connectivity index (χ1n) is 8.21. The van der Waals surface area contributed by atoms with Crippen molar-refractivity contribution in [2.24, 2.45) is 10.2 Å². The normalized spacial score (nSPS) is 17.5. The van der Waals surface area contributed by atoms with Gasteiger partial charge < -0.3 is 5.11 Å². The maximum absolute atomic E-state index is 12.9. The molecule has 2 amide bonds. The second kappa shape index (κ2) is 7.72. The number of imide groups is 1. The minimum Gasteiger partial charge on any atom is -0.392 e. The lowest BCUT2D eigenvalue weighted by Gasteiger charge is -2.28. The van der Waals surface area contributed by atoms with Gasteiger partial charge in [0.25, 0.3) is 11.8 Å². The summed E-state index contributed by atoms with van der Waals surface area (Å²) in [5, 5.41) is 26.8. The van der Waals surface area contributed by atoms with Crippen LogP contribution in [0.25, 0.3) is 0 Å². The van der Waals surface area contributed by atoms with Crippen LogP contribution in [0.15, 0.2) is 76.0 Å². The summed E-state index contributed by atoms with van der Waals surface area (Å²) in [6, 6.07) is 16.0. The number of para-hydroxylation sites is 1. The number of nitriles is 1. The van der Waals surface area contributed by atoms with E-state index in [0.29, 0.717) is 16.9 Å². The molecule has 0 fully saturated rings. The van der Waals surface area contributed by atoms with Crippen molar-refractivity contribution in [3.8, 4) is 6.07 Å². The molecule has 0 spiro atoms. The van der Waals surface area contributed by atoms with E-state index in [1.54, 1.807) is 54.6 Å². The second-order valence-electron chi connectivity index (χ2n) is 5.93. The van der Waals surface area contributed by atoms with Gasteiger partial charge in [-0.05, 0) is 42.3 Å². The monoisotopic (exact) mass is 360 g/mol. The fourth-order valence-electron chi connectivity index (χ4n) is 2.76. The Morgan fingerprint density at radius 1 is 1.15 bits per heavy atom. The van der Waals surface area contributed by atoms with E-state index in [4.69, 9.17) is 0 Å². The molecule has 2 aromatic carbocycles. The van der Waals surface area contributed by atoms with Gasteiger partial charge in [-0.2, -0.15) is 15.5 Å². The van der Waals surface area contributed by atoms with Crippen LogP contribution in [0, 0.1) is 11.3 Å². The van der Waals surface area contributed by atoms with E-state index in [9.17, 15) is 20.0 Å². The summed E-state index contributed by atoms with van der Waals surface area (Å²) in [6.07, 6.45) is 0. The van der Waals surface area contributed by atoms with E-state index in [2.05, 4.69) is 10.2 Å². The minimum absolute atomic E-state index is 0.119. The van der Waals surface area contributed by atoms with Crippen LogP contribution in [0.4, 0.5) is 11.4 Å². The van der Waals surface area contributed by atoms with Crippen LogP contribution in [0.3, 0.4) is 0 Å². The smallest absolute Gasteiger partial charge is 0.275 e. The summed E-state index contributed by atoms with van der Waals surface area (Å²) in [5.41, 5.74) is 1.64. The summed E-state index contributed by atoms with van der Waals surface area (Å²) in [7, 11) is 0. The van der Waals surface area contributed by atoms with E-state index in [-0.39, 0.29) is 17.8 Å². The Hall–Kier alpha value is -3.63. The second-order valence-corrected chi connectivity index (χ2v) is 5.93. The fourth-order valence-corrected chi connectivity index (χ4v) is 2.76. The number of benzene rings is 2. The van der Waals surface area contributed by atoms with Crippen molar-refractivity contribution in [3.05, 3.63) is 71.3 Å². The molecule has 3 rings (SSSR count). The number of anilines is 1. The van der Waals surface area contributed by atoms with Crippen LogP contribution in [-0.4, -0.2) is 23.0 Å². The highest BCUT2D eigenvalue weighted by Crippen LogP contribution is 2.28. The molecule has 0 aliphatic carbocycles. The number of aliphatic hydroxyl groups is 1. The summed E-state index contributed by atoms with van der Waals surface area (Å²) >= 11 is 0. The molecule has 1 aliphatic rings. The SMILES string of the molecule is CC1=C(C#N)C(=O)N(c2ccccc2)C(=O)C1/N=N/c1cccc(CO)c1. The molecule has 2 aromatic rings. The Morgan fingerprint density at radius 3 is 2.56 bits per heavy atom. The van der Waals surface area contributed by atoms with Crippen LogP contribution in [0.1, 0.15) is 12.5 Å². The summed E-state index contributed by atoms with van der Waals surface area (Å²) in [6.45, 7) is 1.39. The Kier molecular flexibility index (Phi) is 5.20. The summed E-state index contributed by atoms with van der Waals surface area (Å²) < 4.78 is 0. The Morgan fingerprint density at radius 2 is 1.89 bits per heavy atom. The number of hydrogen-bond acceptors (Lipinski definition) is 6. The van der Waals surface area contributed by atoms with Gasteiger partial charge in [-0.3, -0.25) is 9.59 Å². The first-order valence-corrected chi connectivity index (χ1v) is 8.21. The summed E-state index contributed by atoms with van der Waals surface area (Å²) in [4.78, 5) is 26.5. The van der Waals surface area contributed by atoms with Gasteiger partial charge in [0, 0.05) is 0 Å². The zero-order valence-corrected chi connectivity index (χ0v) is 14.5. The van der Waals surface area contributed by atoms with Gasteiger partial charge in [-0.15, -0.1) is 0 Å². The van der Waals surface area contributed by atoms with Crippen molar-refractivity contribution in [2.75, 3.05) is 4.90 Å². The highest BCUT2D eigenvalue weighted by molar-refractivity contribution is 6.27. The summed E-state index contributed by atoms with van der Waals surface area (Å²) in [5.74, 6) is -1.23. The Bertz CT molecular complexity index is 990. The molecule has 0 bridgehead atoms.